The van der Waals surface area contributed by atoms with Crippen molar-refractivity contribution >= 4 is 5.95 Å². The average Bonchev–Trinajstić information content (AvgIpc) is 3.45. The van der Waals surface area contributed by atoms with Crippen LogP contribution in [0.5, 0.6) is 0 Å². The number of likely N-dealkylation sites (N-methyl/N-ethyl adjacent to an activating group) is 1. The molecule has 2 aromatic heterocycles. The fourth-order valence-electron chi connectivity index (χ4n) is 4.48. The molecule has 0 saturated carbocycles. The fraction of sp³-hybridized carbons (Fsp3) is 0.478. The molecule has 32 heavy (non-hydrogen) atoms. The molecule has 5 rings (SSSR count). The number of rotatable bonds is 6. The lowest BCUT2D eigenvalue weighted by atomic mass is 10.1. The number of likely N-dealkylation sites (tertiary alicyclic amines) is 1. The van der Waals surface area contributed by atoms with Gasteiger partial charge in [-0.3, -0.25) is 10.00 Å². The first-order valence-electron chi connectivity index (χ1n) is 11.3. The lowest BCUT2D eigenvalue weighted by molar-refractivity contribution is 0.237. The Morgan fingerprint density at radius 3 is 2.66 bits per heavy atom. The van der Waals surface area contributed by atoms with Crippen LogP contribution in [0.2, 0.25) is 0 Å². The number of nitrogens with zero attached hydrogens (tertiary/aromatic N) is 7. The highest BCUT2D eigenvalue weighted by Crippen LogP contribution is 2.31. The van der Waals surface area contributed by atoms with Gasteiger partial charge in [0.05, 0.1) is 11.7 Å². The van der Waals surface area contributed by atoms with Crippen LogP contribution in [0.25, 0.3) is 0 Å². The molecule has 0 spiro atoms. The first kappa shape index (κ1) is 21.0. The molecular formula is C23H29FN8. The molecule has 2 aliphatic rings. The summed E-state index contributed by atoms with van der Waals surface area (Å²) in [5, 5.41) is 7.57. The summed E-state index contributed by atoms with van der Waals surface area (Å²) in [6, 6.07) is 8.70. The van der Waals surface area contributed by atoms with Gasteiger partial charge < -0.3 is 9.80 Å². The molecular weight excluding hydrogens is 407 g/mol. The molecule has 168 valence electrons. The topological polar surface area (TPSA) is 77.1 Å². The summed E-state index contributed by atoms with van der Waals surface area (Å²) in [7, 11) is 2.15. The van der Waals surface area contributed by atoms with E-state index in [1.165, 1.54) is 12.1 Å². The molecule has 1 unspecified atom stereocenters. The largest absolute Gasteiger partial charge is 0.338 e. The van der Waals surface area contributed by atoms with E-state index in [0.29, 0.717) is 6.42 Å². The number of aromatic nitrogens is 5. The molecule has 2 fully saturated rings. The highest BCUT2D eigenvalue weighted by atomic mass is 19.1. The summed E-state index contributed by atoms with van der Waals surface area (Å²) >= 11 is 0. The van der Waals surface area contributed by atoms with Gasteiger partial charge in [0.1, 0.15) is 11.6 Å². The van der Waals surface area contributed by atoms with Crippen LogP contribution in [-0.2, 0) is 13.0 Å². The maximum absolute atomic E-state index is 13.1. The van der Waals surface area contributed by atoms with E-state index in [2.05, 4.69) is 36.9 Å². The zero-order valence-electron chi connectivity index (χ0n) is 18.4. The lowest BCUT2D eigenvalue weighted by Gasteiger charge is -2.32. The van der Waals surface area contributed by atoms with E-state index in [-0.39, 0.29) is 11.9 Å². The van der Waals surface area contributed by atoms with Gasteiger partial charge in [-0.25, -0.2) is 19.3 Å². The van der Waals surface area contributed by atoms with Crippen molar-refractivity contribution in [2.45, 2.75) is 31.8 Å². The first-order valence-corrected chi connectivity index (χ1v) is 11.3. The van der Waals surface area contributed by atoms with Crippen LogP contribution in [0.4, 0.5) is 10.3 Å². The van der Waals surface area contributed by atoms with Crippen molar-refractivity contribution in [2.75, 3.05) is 44.7 Å². The lowest BCUT2D eigenvalue weighted by Crippen LogP contribution is -2.45. The SMILES string of the molecule is CN1CCN(c2nccc(CN3CCCC3c3n[nH]c(Cc4ccc(F)cc4)n3)n2)CC1. The molecule has 0 amide bonds. The van der Waals surface area contributed by atoms with Crippen molar-refractivity contribution in [1.82, 2.24) is 34.9 Å². The van der Waals surface area contributed by atoms with E-state index in [4.69, 9.17) is 9.97 Å². The highest BCUT2D eigenvalue weighted by Gasteiger charge is 2.30. The third kappa shape index (κ3) is 4.78. The first-order chi connectivity index (χ1) is 15.6. The summed E-state index contributed by atoms with van der Waals surface area (Å²) in [4.78, 5) is 21.1. The van der Waals surface area contributed by atoms with Gasteiger partial charge in [-0.1, -0.05) is 12.1 Å². The Morgan fingerprint density at radius 2 is 1.84 bits per heavy atom. The summed E-state index contributed by atoms with van der Waals surface area (Å²) in [5.74, 6) is 2.23. The van der Waals surface area contributed by atoms with Crippen LogP contribution >= 0.6 is 0 Å². The maximum Gasteiger partial charge on any atom is 0.225 e. The number of piperazine rings is 1. The van der Waals surface area contributed by atoms with Gasteiger partial charge in [0.25, 0.3) is 0 Å². The Balaban J connectivity index is 1.25. The Hall–Kier alpha value is -2.91. The molecule has 4 heterocycles. The van der Waals surface area contributed by atoms with Crippen LogP contribution < -0.4 is 4.90 Å². The van der Waals surface area contributed by atoms with Gasteiger partial charge in [-0.2, -0.15) is 5.10 Å². The van der Waals surface area contributed by atoms with Gasteiger partial charge in [0.15, 0.2) is 5.82 Å². The van der Waals surface area contributed by atoms with Gasteiger partial charge in [0, 0.05) is 45.3 Å². The number of anilines is 1. The van der Waals surface area contributed by atoms with Crippen LogP contribution in [0.3, 0.4) is 0 Å². The number of hydrogen-bond acceptors (Lipinski definition) is 7. The third-order valence-corrected chi connectivity index (χ3v) is 6.35. The molecule has 1 aromatic carbocycles. The molecule has 3 aromatic rings. The number of benzene rings is 1. The van der Waals surface area contributed by atoms with Crippen molar-refractivity contribution in [2.24, 2.45) is 0 Å². The van der Waals surface area contributed by atoms with E-state index in [1.807, 2.05) is 12.3 Å². The Bertz CT molecular complexity index is 1030. The van der Waals surface area contributed by atoms with Crippen LogP contribution in [-0.4, -0.2) is 74.7 Å². The van der Waals surface area contributed by atoms with E-state index in [0.717, 1.165) is 81.0 Å². The number of halogens is 1. The van der Waals surface area contributed by atoms with Crippen molar-refractivity contribution < 1.29 is 4.39 Å². The summed E-state index contributed by atoms with van der Waals surface area (Å²) < 4.78 is 13.1. The zero-order valence-corrected chi connectivity index (χ0v) is 18.4. The van der Waals surface area contributed by atoms with E-state index < -0.39 is 0 Å². The van der Waals surface area contributed by atoms with Crippen molar-refractivity contribution in [3.63, 3.8) is 0 Å². The standard InChI is InChI=1S/C23H29FN8/c1-30-11-13-31(14-12-30)23-25-9-8-19(26-23)16-32-10-2-3-20(32)22-27-21(28-29-22)15-17-4-6-18(24)7-5-17/h4-9,20H,2-3,10-16H2,1H3,(H,27,28,29). The van der Waals surface area contributed by atoms with Crippen molar-refractivity contribution in [3.8, 4) is 0 Å². The van der Waals surface area contributed by atoms with Crippen LogP contribution in [0.1, 0.15) is 41.8 Å². The number of nitrogens with one attached hydrogen (secondary N) is 1. The second-order valence-corrected chi connectivity index (χ2v) is 8.71. The van der Waals surface area contributed by atoms with Gasteiger partial charge in [0.2, 0.25) is 5.95 Å². The zero-order chi connectivity index (χ0) is 21.9. The van der Waals surface area contributed by atoms with Gasteiger partial charge in [-0.05, 0) is 50.2 Å². The predicted molar refractivity (Wildman–Crippen MR) is 120 cm³/mol. The molecule has 0 aliphatic carbocycles. The Kier molecular flexibility index (Phi) is 6.09. The second-order valence-electron chi connectivity index (χ2n) is 8.71. The molecule has 2 aliphatic heterocycles. The van der Waals surface area contributed by atoms with Gasteiger partial charge >= 0.3 is 0 Å². The summed E-state index contributed by atoms with van der Waals surface area (Å²) in [6.07, 6.45) is 4.63. The molecule has 1 atom stereocenters. The minimum atomic E-state index is -0.228. The smallest absolute Gasteiger partial charge is 0.225 e. The molecule has 0 radical (unpaired) electrons. The summed E-state index contributed by atoms with van der Waals surface area (Å²) in [5.41, 5.74) is 2.04. The quantitative estimate of drug-likeness (QED) is 0.636. The number of aromatic amines is 1. The highest BCUT2D eigenvalue weighted by molar-refractivity contribution is 5.31. The molecule has 1 N–H and O–H groups in total. The van der Waals surface area contributed by atoms with E-state index in [9.17, 15) is 4.39 Å². The minimum absolute atomic E-state index is 0.176. The predicted octanol–water partition coefficient (Wildman–Crippen LogP) is 2.41. The van der Waals surface area contributed by atoms with E-state index in [1.54, 1.807) is 12.1 Å². The Morgan fingerprint density at radius 1 is 1.03 bits per heavy atom. The fourth-order valence-corrected chi connectivity index (χ4v) is 4.48. The van der Waals surface area contributed by atoms with Crippen molar-refractivity contribution in [1.29, 1.82) is 0 Å². The molecule has 0 bridgehead atoms. The van der Waals surface area contributed by atoms with Crippen LogP contribution in [0.15, 0.2) is 36.5 Å². The van der Waals surface area contributed by atoms with Crippen LogP contribution in [0, 0.1) is 5.82 Å². The second kappa shape index (κ2) is 9.30. The maximum atomic E-state index is 13.1. The third-order valence-electron chi connectivity index (χ3n) is 6.35. The monoisotopic (exact) mass is 436 g/mol. The normalized spacial score (nSPS) is 20.2. The minimum Gasteiger partial charge on any atom is -0.338 e. The van der Waals surface area contributed by atoms with Gasteiger partial charge in [-0.15, -0.1) is 0 Å². The molecule has 9 heteroatoms. The molecule has 8 nitrogen and oxygen atoms in total. The van der Waals surface area contributed by atoms with Crippen molar-refractivity contribution in [3.05, 3.63) is 65.3 Å². The summed E-state index contributed by atoms with van der Waals surface area (Å²) in [6.45, 7) is 5.75. The number of hydrogen-bond donors (Lipinski definition) is 1. The van der Waals surface area contributed by atoms with E-state index >= 15 is 0 Å². The molecule has 2 saturated heterocycles. The average molecular weight is 437 g/mol. The number of H-pyrrole nitrogens is 1. The Labute approximate surface area is 187 Å².